The van der Waals surface area contributed by atoms with Crippen molar-refractivity contribution in [3.8, 4) is 5.69 Å². The third-order valence-corrected chi connectivity index (χ3v) is 3.80. The molecular formula is C14H19N3O4S. The molecule has 0 aliphatic heterocycles. The summed E-state index contributed by atoms with van der Waals surface area (Å²) in [6.45, 7) is 3.81. The summed E-state index contributed by atoms with van der Waals surface area (Å²) >= 11 is 0. The number of nitrogens with zero attached hydrogens (tertiary/aromatic N) is 2. The van der Waals surface area contributed by atoms with Gasteiger partial charge in [-0.05, 0) is 18.1 Å². The van der Waals surface area contributed by atoms with Crippen LogP contribution in [0.25, 0.3) is 5.69 Å². The first-order valence-corrected chi connectivity index (χ1v) is 8.39. The number of hydrogen-bond acceptors (Lipinski definition) is 4. The van der Waals surface area contributed by atoms with Crippen LogP contribution >= 0.6 is 0 Å². The highest BCUT2D eigenvalue weighted by Gasteiger charge is 2.22. The van der Waals surface area contributed by atoms with E-state index in [4.69, 9.17) is 4.55 Å². The van der Waals surface area contributed by atoms with E-state index in [0.29, 0.717) is 11.4 Å². The molecule has 0 atom stereocenters. The zero-order valence-corrected chi connectivity index (χ0v) is 13.5. The summed E-state index contributed by atoms with van der Waals surface area (Å²) in [4.78, 5) is 12.6. The Hall–Kier alpha value is -2.06. The van der Waals surface area contributed by atoms with Crippen molar-refractivity contribution < 1.29 is 13.0 Å². The van der Waals surface area contributed by atoms with Crippen LogP contribution in [-0.4, -0.2) is 28.2 Å². The summed E-state index contributed by atoms with van der Waals surface area (Å²) in [5, 5.41) is 2.54. The molecule has 22 heavy (non-hydrogen) atoms. The van der Waals surface area contributed by atoms with Crippen LogP contribution in [0.15, 0.2) is 35.1 Å². The topological polar surface area (TPSA) is 93.3 Å². The van der Waals surface area contributed by atoms with E-state index in [1.54, 1.807) is 23.9 Å². The molecule has 0 aliphatic carbocycles. The van der Waals surface area contributed by atoms with Gasteiger partial charge in [0.25, 0.3) is 15.7 Å². The Balaban J connectivity index is 2.61. The monoisotopic (exact) mass is 325 g/mol. The molecule has 0 amide bonds. The standard InChI is InChI=1S/C14H19N3O4S/c1-10(2)13-12(15-9-22(19,20)21)14(18)17(16(13)3)11-7-5-4-6-8-11/h4-8,10,15H,9H2,1-3H3,(H,19,20,21). The Morgan fingerprint density at radius 1 is 1.23 bits per heavy atom. The molecule has 2 rings (SSSR count). The van der Waals surface area contributed by atoms with Gasteiger partial charge < -0.3 is 5.32 Å². The number of para-hydroxylation sites is 1. The quantitative estimate of drug-likeness (QED) is 0.814. The maximum Gasteiger partial charge on any atom is 0.295 e. The molecule has 0 spiro atoms. The smallest absolute Gasteiger partial charge is 0.295 e. The van der Waals surface area contributed by atoms with Crippen LogP contribution in [0.3, 0.4) is 0 Å². The summed E-state index contributed by atoms with van der Waals surface area (Å²) in [7, 11) is -2.48. The van der Waals surface area contributed by atoms with Crippen LogP contribution in [0, 0.1) is 0 Å². The van der Waals surface area contributed by atoms with Crippen molar-refractivity contribution in [1.82, 2.24) is 9.36 Å². The van der Waals surface area contributed by atoms with Gasteiger partial charge in [0, 0.05) is 7.05 Å². The van der Waals surface area contributed by atoms with Crippen LogP contribution in [-0.2, 0) is 17.2 Å². The Morgan fingerprint density at radius 2 is 1.82 bits per heavy atom. The van der Waals surface area contributed by atoms with Crippen LogP contribution in [0.5, 0.6) is 0 Å². The number of benzene rings is 1. The van der Waals surface area contributed by atoms with Crippen molar-refractivity contribution in [2.24, 2.45) is 7.05 Å². The summed E-state index contributed by atoms with van der Waals surface area (Å²) in [6.07, 6.45) is 0. The highest BCUT2D eigenvalue weighted by atomic mass is 32.2. The Labute approximate surface area is 128 Å². The van der Waals surface area contributed by atoms with Crippen molar-refractivity contribution in [2.75, 3.05) is 11.2 Å². The van der Waals surface area contributed by atoms with Crippen molar-refractivity contribution in [1.29, 1.82) is 0 Å². The molecule has 0 fully saturated rings. The largest absolute Gasteiger partial charge is 0.364 e. The van der Waals surface area contributed by atoms with E-state index in [-0.39, 0.29) is 17.2 Å². The first kappa shape index (κ1) is 16.3. The molecule has 1 aromatic heterocycles. The van der Waals surface area contributed by atoms with E-state index in [9.17, 15) is 13.2 Å². The molecule has 0 radical (unpaired) electrons. The van der Waals surface area contributed by atoms with Crippen molar-refractivity contribution >= 4 is 15.8 Å². The first-order chi connectivity index (χ1) is 10.2. The van der Waals surface area contributed by atoms with E-state index in [2.05, 4.69) is 5.32 Å². The average Bonchev–Trinajstić information content (AvgIpc) is 2.67. The summed E-state index contributed by atoms with van der Waals surface area (Å²) in [6, 6.07) is 9.05. The maximum atomic E-state index is 12.6. The molecule has 120 valence electrons. The fourth-order valence-electron chi connectivity index (χ4n) is 2.47. The fraction of sp³-hybridized carbons (Fsp3) is 0.357. The molecule has 2 aromatic rings. The van der Waals surface area contributed by atoms with Gasteiger partial charge in [-0.3, -0.25) is 14.0 Å². The zero-order chi connectivity index (χ0) is 16.5. The van der Waals surface area contributed by atoms with Crippen molar-refractivity contribution in [3.63, 3.8) is 0 Å². The molecule has 1 heterocycles. The number of aromatic nitrogens is 2. The first-order valence-electron chi connectivity index (χ1n) is 6.78. The molecule has 8 heteroatoms. The number of hydrogen-bond donors (Lipinski definition) is 2. The number of anilines is 1. The minimum absolute atomic E-state index is 0.00782. The Morgan fingerprint density at radius 3 is 2.32 bits per heavy atom. The van der Waals surface area contributed by atoms with Gasteiger partial charge in [-0.1, -0.05) is 32.0 Å². The Bertz CT molecular complexity index is 820. The van der Waals surface area contributed by atoms with E-state index in [0.717, 1.165) is 0 Å². The summed E-state index contributed by atoms with van der Waals surface area (Å²) in [5.74, 6) is -0.715. The highest BCUT2D eigenvalue weighted by molar-refractivity contribution is 7.85. The van der Waals surface area contributed by atoms with Gasteiger partial charge in [0.1, 0.15) is 11.6 Å². The molecule has 7 nitrogen and oxygen atoms in total. The minimum atomic E-state index is -4.22. The Kier molecular flexibility index (Phi) is 4.43. The molecule has 2 N–H and O–H groups in total. The molecule has 0 bridgehead atoms. The lowest BCUT2D eigenvalue weighted by molar-refractivity contribution is 0.485. The van der Waals surface area contributed by atoms with Crippen LogP contribution in [0.1, 0.15) is 25.5 Å². The van der Waals surface area contributed by atoms with Gasteiger partial charge in [-0.25, -0.2) is 4.68 Å². The number of rotatable bonds is 5. The lowest BCUT2D eigenvalue weighted by Gasteiger charge is -2.12. The van der Waals surface area contributed by atoms with E-state index in [1.807, 2.05) is 32.0 Å². The molecule has 0 saturated carbocycles. The van der Waals surface area contributed by atoms with Crippen molar-refractivity contribution in [2.45, 2.75) is 19.8 Å². The zero-order valence-electron chi connectivity index (χ0n) is 12.6. The maximum absolute atomic E-state index is 12.6. The van der Waals surface area contributed by atoms with Gasteiger partial charge in [0.05, 0.1) is 11.4 Å². The SMILES string of the molecule is CC(C)c1c(NCS(=O)(=O)O)c(=O)n(-c2ccccc2)n1C. The lowest BCUT2D eigenvalue weighted by Crippen LogP contribution is -2.22. The molecule has 1 aromatic carbocycles. The molecule has 0 unspecified atom stereocenters. The van der Waals surface area contributed by atoms with Gasteiger partial charge in [-0.2, -0.15) is 8.42 Å². The molecule has 0 saturated heterocycles. The highest BCUT2D eigenvalue weighted by Crippen LogP contribution is 2.23. The number of nitrogens with one attached hydrogen (secondary N) is 1. The van der Waals surface area contributed by atoms with Gasteiger partial charge in [0.15, 0.2) is 0 Å². The van der Waals surface area contributed by atoms with E-state index >= 15 is 0 Å². The molecule has 0 aliphatic rings. The summed E-state index contributed by atoms with van der Waals surface area (Å²) < 4.78 is 33.9. The van der Waals surface area contributed by atoms with Crippen LogP contribution in [0.4, 0.5) is 5.69 Å². The van der Waals surface area contributed by atoms with Crippen molar-refractivity contribution in [3.05, 3.63) is 46.4 Å². The normalized spacial score (nSPS) is 11.9. The van der Waals surface area contributed by atoms with Crippen LogP contribution in [0.2, 0.25) is 0 Å². The third kappa shape index (κ3) is 3.23. The molecular weight excluding hydrogens is 306 g/mol. The predicted octanol–water partition coefficient (Wildman–Crippen LogP) is 1.56. The van der Waals surface area contributed by atoms with Crippen LogP contribution < -0.4 is 10.9 Å². The fourth-order valence-corrected chi connectivity index (χ4v) is 2.80. The third-order valence-electron chi connectivity index (χ3n) is 3.29. The minimum Gasteiger partial charge on any atom is -0.364 e. The van der Waals surface area contributed by atoms with E-state index in [1.165, 1.54) is 4.68 Å². The second-order valence-corrected chi connectivity index (χ2v) is 6.75. The van der Waals surface area contributed by atoms with Gasteiger partial charge >= 0.3 is 0 Å². The summed E-state index contributed by atoms with van der Waals surface area (Å²) in [5.41, 5.74) is 1.16. The van der Waals surface area contributed by atoms with E-state index < -0.39 is 16.0 Å². The second-order valence-electron chi connectivity index (χ2n) is 5.29. The van der Waals surface area contributed by atoms with Gasteiger partial charge in [0.2, 0.25) is 0 Å². The second kappa shape index (κ2) is 5.98. The lowest BCUT2D eigenvalue weighted by atomic mass is 10.1. The van der Waals surface area contributed by atoms with Gasteiger partial charge in [-0.15, -0.1) is 0 Å². The average molecular weight is 325 g/mol. The predicted molar refractivity (Wildman–Crippen MR) is 85.1 cm³/mol.